The van der Waals surface area contributed by atoms with Crippen molar-refractivity contribution in [1.82, 2.24) is 10.2 Å². The van der Waals surface area contributed by atoms with Crippen molar-refractivity contribution < 1.29 is 14.3 Å². The van der Waals surface area contributed by atoms with E-state index in [-0.39, 0.29) is 29.9 Å². The van der Waals surface area contributed by atoms with Crippen molar-refractivity contribution in [2.24, 2.45) is 10.9 Å². The van der Waals surface area contributed by atoms with Crippen molar-refractivity contribution in [3.8, 4) is 0 Å². The van der Waals surface area contributed by atoms with Crippen molar-refractivity contribution in [3.05, 3.63) is 35.9 Å². The third-order valence-corrected chi connectivity index (χ3v) is 4.66. The number of aliphatic imine (C=N–C) groups is 1. The highest BCUT2D eigenvalue weighted by atomic mass is 127. The molecule has 158 valence electrons. The van der Waals surface area contributed by atoms with Gasteiger partial charge in [0.15, 0.2) is 5.96 Å². The molecule has 0 spiro atoms. The molecule has 1 aromatic carbocycles. The standard InChI is InChI=1S/C21H33N3O3.HI/c1-3-22-21(23-13-8-7-11-20(25)26-2)24-14-12-19(15-24)17-27-16-18-9-5-4-6-10-18;/h4-6,9-10,19H,3,7-8,11-17H2,1-2H3,(H,22,23);1H. The fourth-order valence-electron chi connectivity index (χ4n) is 3.17. The van der Waals surface area contributed by atoms with Gasteiger partial charge in [-0.1, -0.05) is 30.3 Å². The van der Waals surface area contributed by atoms with E-state index >= 15 is 0 Å². The van der Waals surface area contributed by atoms with Crippen LogP contribution < -0.4 is 5.32 Å². The molecule has 0 aliphatic carbocycles. The van der Waals surface area contributed by atoms with Gasteiger partial charge in [0, 0.05) is 38.5 Å². The number of halogens is 1. The third kappa shape index (κ3) is 9.23. The second kappa shape index (κ2) is 14.6. The van der Waals surface area contributed by atoms with Crippen molar-refractivity contribution in [2.75, 3.05) is 39.9 Å². The van der Waals surface area contributed by atoms with Crippen LogP contribution in [0.4, 0.5) is 0 Å². The van der Waals surface area contributed by atoms with Gasteiger partial charge < -0.3 is 19.7 Å². The topological polar surface area (TPSA) is 63.2 Å². The zero-order chi connectivity index (χ0) is 19.3. The molecule has 0 aromatic heterocycles. The highest BCUT2D eigenvalue weighted by Gasteiger charge is 2.24. The predicted molar refractivity (Wildman–Crippen MR) is 123 cm³/mol. The van der Waals surface area contributed by atoms with Gasteiger partial charge in [0.25, 0.3) is 0 Å². The number of ether oxygens (including phenoxy) is 2. The first-order chi connectivity index (χ1) is 13.2. The van der Waals surface area contributed by atoms with Crippen LogP contribution in [0, 0.1) is 5.92 Å². The first-order valence-corrected chi connectivity index (χ1v) is 9.94. The number of rotatable bonds is 10. The minimum absolute atomic E-state index is 0. The second-order valence-electron chi connectivity index (χ2n) is 6.87. The zero-order valence-corrected chi connectivity index (χ0v) is 19.4. The van der Waals surface area contributed by atoms with E-state index in [2.05, 4.69) is 34.0 Å². The Morgan fingerprint density at radius 2 is 2.07 bits per heavy atom. The van der Waals surface area contributed by atoms with E-state index in [0.29, 0.717) is 18.9 Å². The van der Waals surface area contributed by atoms with Crippen molar-refractivity contribution in [1.29, 1.82) is 0 Å². The van der Waals surface area contributed by atoms with Crippen LogP contribution in [-0.4, -0.2) is 56.7 Å². The van der Waals surface area contributed by atoms with Crippen molar-refractivity contribution >= 4 is 35.9 Å². The van der Waals surface area contributed by atoms with Crippen LogP contribution in [0.25, 0.3) is 0 Å². The maximum absolute atomic E-state index is 11.1. The van der Waals surface area contributed by atoms with Gasteiger partial charge in [-0.2, -0.15) is 0 Å². The van der Waals surface area contributed by atoms with E-state index in [4.69, 9.17) is 9.73 Å². The smallest absolute Gasteiger partial charge is 0.305 e. The molecule has 1 unspecified atom stereocenters. The molecule has 6 nitrogen and oxygen atoms in total. The first kappa shape index (κ1) is 24.7. The van der Waals surface area contributed by atoms with Crippen LogP contribution in [0.2, 0.25) is 0 Å². The first-order valence-electron chi connectivity index (χ1n) is 9.94. The minimum Gasteiger partial charge on any atom is -0.469 e. The van der Waals surface area contributed by atoms with Crippen LogP contribution in [0.15, 0.2) is 35.3 Å². The molecule has 2 rings (SSSR count). The number of likely N-dealkylation sites (tertiary alicyclic amines) is 1. The van der Waals surface area contributed by atoms with Crippen molar-refractivity contribution in [2.45, 2.75) is 39.2 Å². The number of hydrogen-bond donors (Lipinski definition) is 1. The van der Waals surface area contributed by atoms with Crippen molar-refractivity contribution in [3.63, 3.8) is 0 Å². The highest BCUT2D eigenvalue weighted by molar-refractivity contribution is 14.0. The van der Waals surface area contributed by atoms with Gasteiger partial charge in [0.2, 0.25) is 0 Å². The Kier molecular flexibility index (Phi) is 12.9. The average Bonchev–Trinajstić information content (AvgIpc) is 3.16. The summed E-state index contributed by atoms with van der Waals surface area (Å²) in [6, 6.07) is 10.3. The van der Waals surface area contributed by atoms with Gasteiger partial charge >= 0.3 is 5.97 Å². The van der Waals surface area contributed by atoms with Crippen LogP contribution in [0.3, 0.4) is 0 Å². The van der Waals surface area contributed by atoms with E-state index in [1.807, 2.05) is 18.2 Å². The lowest BCUT2D eigenvalue weighted by atomic mass is 10.1. The number of guanidine groups is 1. The fraction of sp³-hybridized carbons (Fsp3) is 0.619. The summed E-state index contributed by atoms with van der Waals surface area (Å²) in [6.45, 7) is 7.10. The zero-order valence-electron chi connectivity index (χ0n) is 17.1. The molecule has 1 N–H and O–H groups in total. The summed E-state index contributed by atoms with van der Waals surface area (Å²) >= 11 is 0. The maximum atomic E-state index is 11.1. The molecule has 1 aliphatic rings. The summed E-state index contributed by atoms with van der Waals surface area (Å²) in [4.78, 5) is 18.2. The quantitative estimate of drug-likeness (QED) is 0.174. The van der Waals surface area contributed by atoms with Gasteiger partial charge in [-0.25, -0.2) is 0 Å². The molecule has 1 atom stereocenters. The number of unbranched alkanes of at least 4 members (excludes halogenated alkanes) is 1. The van der Waals surface area contributed by atoms with Gasteiger partial charge in [-0.05, 0) is 31.7 Å². The Morgan fingerprint density at radius 1 is 1.29 bits per heavy atom. The monoisotopic (exact) mass is 503 g/mol. The fourth-order valence-corrected chi connectivity index (χ4v) is 3.17. The second-order valence-corrected chi connectivity index (χ2v) is 6.87. The van der Waals surface area contributed by atoms with Gasteiger partial charge in [-0.3, -0.25) is 9.79 Å². The molecule has 28 heavy (non-hydrogen) atoms. The number of methoxy groups -OCH3 is 1. The third-order valence-electron chi connectivity index (χ3n) is 4.66. The van der Waals surface area contributed by atoms with E-state index in [0.717, 1.165) is 58.0 Å². The number of nitrogens with zero attached hydrogens (tertiary/aromatic N) is 2. The summed E-state index contributed by atoms with van der Waals surface area (Å²) in [5.41, 5.74) is 1.22. The number of carbonyl (C=O) groups is 1. The lowest BCUT2D eigenvalue weighted by Crippen LogP contribution is -2.40. The molecule has 0 amide bonds. The summed E-state index contributed by atoms with van der Waals surface area (Å²) in [6.07, 6.45) is 3.29. The molecule has 1 aromatic rings. The van der Waals surface area contributed by atoms with Crippen LogP contribution in [-0.2, 0) is 20.9 Å². The number of hydrogen-bond acceptors (Lipinski definition) is 4. The SMILES string of the molecule is CCNC(=NCCCCC(=O)OC)N1CCC(COCc2ccccc2)C1.I. The summed E-state index contributed by atoms with van der Waals surface area (Å²) < 4.78 is 10.6. The number of carbonyl (C=O) groups excluding carboxylic acids is 1. The molecule has 1 saturated heterocycles. The number of esters is 1. The van der Waals surface area contributed by atoms with E-state index in [1.165, 1.54) is 12.7 Å². The van der Waals surface area contributed by atoms with E-state index in [1.54, 1.807) is 0 Å². The van der Waals surface area contributed by atoms with Crippen LogP contribution in [0.1, 0.15) is 38.2 Å². The Morgan fingerprint density at radius 3 is 2.79 bits per heavy atom. The van der Waals surface area contributed by atoms with Gasteiger partial charge in [-0.15, -0.1) is 24.0 Å². The molecular formula is C21H34IN3O3. The van der Waals surface area contributed by atoms with Gasteiger partial charge in [0.05, 0.1) is 20.3 Å². The van der Waals surface area contributed by atoms with Crippen LogP contribution >= 0.6 is 24.0 Å². The Hall–Kier alpha value is -1.35. The Labute approximate surface area is 186 Å². The Balaban J connectivity index is 0.00000392. The summed E-state index contributed by atoms with van der Waals surface area (Å²) in [7, 11) is 1.43. The molecule has 1 fully saturated rings. The molecular weight excluding hydrogens is 469 g/mol. The number of nitrogens with one attached hydrogen (secondary N) is 1. The summed E-state index contributed by atoms with van der Waals surface area (Å²) in [5.74, 6) is 1.36. The number of benzene rings is 1. The van der Waals surface area contributed by atoms with Gasteiger partial charge in [0.1, 0.15) is 0 Å². The molecule has 0 saturated carbocycles. The lowest BCUT2D eigenvalue weighted by molar-refractivity contribution is -0.140. The normalized spacial score (nSPS) is 16.6. The Bertz CT molecular complexity index is 584. The molecule has 1 heterocycles. The maximum Gasteiger partial charge on any atom is 0.305 e. The molecule has 0 bridgehead atoms. The lowest BCUT2D eigenvalue weighted by Gasteiger charge is -2.21. The summed E-state index contributed by atoms with van der Waals surface area (Å²) in [5, 5.41) is 3.38. The van der Waals surface area contributed by atoms with E-state index < -0.39 is 0 Å². The van der Waals surface area contributed by atoms with E-state index in [9.17, 15) is 4.79 Å². The molecule has 7 heteroatoms. The average molecular weight is 503 g/mol. The van der Waals surface area contributed by atoms with Crippen LogP contribution in [0.5, 0.6) is 0 Å². The molecule has 0 radical (unpaired) electrons. The minimum atomic E-state index is -0.149. The highest BCUT2D eigenvalue weighted by Crippen LogP contribution is 2.17. The predicted octanol–water partition coefficient (Wildman–Crippen LogP) is 3.45. The largest absolute Gasteiger partial charge is 0.469 e. The molecule has 1 aliphatic heterocycles.